The van der Waals surface area contributed by atoms with E-state index in [1.165, 1.54) is 0 Å². The maximum absolute atomic E-state index is 11.3. The molecular weight excluding hydrogens is 230 g/mol. The van der Waals surface area contributed by atoms with Crippen molar-refractivity contribution in [3.05, 3.63) is 30.1 Å². The number of nitriles is 1. The lowest BCUT2D eigenvalue weighted by Crippen LogP contribution is -2.20. The molecular formula is C13H13N3O2. The van der Waals surface area contributed by atoms with Crippen LogP contribution in [0, 0.1) is 11.3 Å². The molecule has 18 heavy (non-hydrogen) atoms. The third-order valence-electron chi connectivity index (χ3n) is 2.89. The van der Waals surface area contributed by atoms with Crippen molar-refractivity contribution in [3.63, 3.8) is 0 Å². The van der Waals surface area contributed by atoms with Crippen molar-refractivity contribution in [1.82, 2.24) is 9.55 Å². The first-order chi connectivity index (χ1) is 8.69. The minimum Gasteiger partial charge on any atom is -0.480 e. The van der Waals surface area contributed by atoms with Gasteiger partial charge in [0.15, 0.2) is 0 Å². The molecule has 1 aromatic heterocycles. The number of hydrogen-bond donors (Lipinski definition) is 1. The minimum absolute atomic E-state index is 0.110. The molecule has 92 valence electrons. The van der Waals surface area contributed by atoms with Crippen molar-refractivity contribution in [3.8, 4) is 6.07 Å². The maximum atomic E-state index is 11.3. The van der Waals surface area contributed by atoms with E-state index in [0.29, 0.717) is 12.2 Å². The molecule has 0 saturated carbocycles. The molecule has 0 aliphatic heterocycles. The Balaban J connectivity index is 2.68. The zero-order valence-electron chi connectivity index (χ0n) is 10.00. The summed E-state index contributed by atoms with van der Waals surface area (Å²) in [5.41, 5.74) is 1.49. The lowest BCUT2D eigenvalue weighted by molar-refractivity contribution is -0.140. The van der Waals surface area contributed by atoms with Crippen molar-refractivity contribution < 1.29 is 9.90 Å². The predicted octanol–water partition coefficient (Wildman–Crippen LogP) is 2.14. The first-order valence-electron chi connectivity index (χ1n) is 5.74. The van der Waals surface area contributed by atoms with E-state index in [1.807, 2.05) is 37.3 Å². The van der Waals surface area contributed by atoms with Gasteiger partial charge in [0.05, 0.1) is 23.5 Å². The van der Waals surface area contributed by atoms with Gasteiger partial charge >= 0.3 is 5.97 Å². The zero-order valence-corrected chi connectivity index (χ0v) is 10.00. The average Bonchev–Trinajstić information content (AvgIpc) is 2.69. The average molecular weight is 243 g/mol. The van der Waals surface area contributed by atoms with Crippen LogP contribution >= 0.6 is 0 Å². The van der Waals surface area contributed by atoms with Crippen LogP contribution in [0.3, 0.4) is 0 Å². The number of carbonyl (C=O) groups is 1. The van der Waals surface area contributed by atoms with E-state index in [1.54, 1.807) is 4.57 Å². The van der Waals surface area contributed by atoms with Gasteiger partial charge in [-0.1, -0.05) is 19.1 Å². The van der Waals surface area contributed by atoms with Gasteiger partial charge < -0.3 is 9.67 Å². The van der Waals surface area contributed by atoms with Crippen LogP contribution in [0.4, 0.5) is 0 Å². The van der Waals surface area contributed by atoms with Crippen LogP contribution in [0.2, 0.25) is 0 Å². The summed E-state index contributed by atoms with van der Waals surface area (Å²) >= 11 is 0. The second-order valence-electron chi connectivity index (χ2n) is 3.98. The summed E-state index contributed by atoms with van der Waals surface area (Å²) in [6.45, 7) is 1.81. The number of benzene rings is 1. The first kappa shape index (κ1) is 12.1. The smallest absolute Gasteiger partial charge is 0.326 e. The number of imidazole rings is 1. The number of hydrogen-bond acceptors (Lipinski definition) is 3. The van der Waals surface area contributed by atoms with Crippen molar-refractivity contribution >= 4 is 17.0 Å². The molecule has 0 saturated heterocycles. The van der Waals surface area contributed by atoms with Crippen LogP contribution in [0.5, 0.6) is 0 Å². The molecule has 0 fully saturated rings. The van der Waals surface area contributed by atoms with Crippen molar-refractivity contribution in [2.75, 3.05) is 0 Å². The van der Waals surface area contributed by atoms with E-state index >= 15 is 0 Å². The Morgan fingerprint density at radius 1 is 1.56 bits per heavy atom. The predicted molar refractivity (Wildman–Crippen MR) is 66.0 cm³/mol. The number of carboxylic acid groups (broad SMARTS) is 1. The molecule has 1 atom stereocenters. The highest BCUT2D eigenvalue weighted by atomic mass is 16.4. The van der Waals surface area contributed by atoms with Crippen LogP contribution in [-0.4, -0.2) is 20.6 Å². The summed E-state index contributed by atoms with van der Waals surface area (Å²) in [7, 11) is 0. The molecule has 0 radical (unpaired) electrons. The van der Waals surface area contributed by atoms with Crippen molar-refractivity contribution in [1.29, 1.82) is 5.26 Å². The topological polar surface area (TPSA) is 78.9 Å². The summed E-state index contributed by atoms with van der Waals surface area (Å²) in [4.78, 5) is 15.6. The van der Waals surface area contributed by atoms with Gasteiger partial charge in [0, 0.05) is 0 Å². The lowest BCUT2D eigenvalue weighted by atomic mass is 10.2. The molecule has 1 unspecified atom stereocenters. The van der Waals surface area contributed by atoms with E-state index in [0.717, 1.165) is 11.0 Å². The van der Waals surface area contributed by atoms with Gasteiger partial charge in [-0.05, 0) is 18.6 Å². The third kappa shape index (κ3) is 1.93. The van der Waals surface area contributed by atoms with Crippen LogP contribution in [0.15, 0.2) is 24.3 Å². The summed E-state index contributed by atoms with van der Waals surface area (Å²) in [6.07, 6.45) is 0.562. The van der Waals surface area contributed by atoms with Gasteiger partial charge in [-0.15, -0.1) is 0 Å². The van der Waals surface area contributed by atoms with Crippen LogP contribution in [-0.2, 0) is 11.2 Å². The Labute approximate surface area is 104 Å². The third-order valence-corrected chi connectivity index (χ3v) is 2.89. The maximum Gasteiger partial charge on any atom is 0.326 e. The molecule has 2 rings (SSSR count). The number of aliphatic carboxylic acids is 1. The van der Waals surface area contributed by atoms with Gasteiger partial charge in [0.25, 0.3) is 0 Å². The standard InChI is InChI=1S/C13H13N3O2/c1-2-10(13(17)18)16-11-6-4-3-5-9(11)15-12(16)7-8-14/h3-6,10H,2,7H2,1H3,(H,17,18). The fourth-order valence-corrected chi connectivity index (χ4v) is 2.11. The minimum atomic E-state index is -0.903. The fraction of sp³-hybridized carbons (Fsp3) is 0.308. The lowest BCUT2D eigenvalue weighted by Gasteiger charge is -2.15. The van der Waals surface area contributed by atoms with E-state index < -0.39 is 12.0 Å². The molecule has 0 bridgehead atoms. The molecule has 0 aliphatic carbocycles. The fourth-order valence-electron chi connectivity index (χ4n) is 2.11. The van der Waals surface area contributed by atoms with E-state index in [4.69, 9.17) is 5.26 Å². The quantitative estimate of drug-likeness (QED) is 0.892. The van der Waals surface area contributed by atoms with E-state index in [9.17, 15) is 9.90 Å². The van der Waals surface area contributed by atoms with E-state index in [-0.39, 0.29) is 6.42 Å². The molecule has 1 aromatic carbocycles. The van der Waals surface area contributed by atoms with Gasteiger partial charge in [-0.2, -0.15) is 5.26 Å². The Morgan fingerprint density at radius 2 is 2.28 bits per heavy atom. The Kier molecular flexibility index (Phi) is 3.28. The van der Waals surface area contributed by atoms with Gasteiger partial charge in [-0.3, -0.25) is 0 Å². The monoisotopic (exact) mass is 243 g/mol. The number of aromatic nitrogens is 2. The normalized spacial score (nSPS) is 12.2. The SMILES string of the molecule is CCC(C(=O)O)n1c(CC#N)nc2ccccc21. The zero-order chi connectivity index (χ0) is 13.1. The van der Waals surface area contributed by atoms with Crippen molar-refractivity contribution in [2.24, 2.45) is 0 Å². The number of fused-ring (bicyclic) bond motifs is 1. The van der Waals surface area contributed by atoms with Crippen LogP contribution in [0.1, 0.15) is 25.2 Å². The molecule has 1 heterocycles. The Morgan fingerprint density at radius 3 is 2.89 bits per heavy atom. The van der Waals surface area contributed by atoms with Crippen LogP contribution in [0.25, 0.3) is 11.0 Å². The largest absolute Gasteiger partial charge is 0.480 e. The second kappa shape index (κ2) is 4.88. The van der Waals surface area contributed by atoms with Crippen LogP contribution < -0.4 is 0 Å². The summed E-state index contributed by atoms with van der Waals surface area (Å²) in [6, 6.07) is 8.68. The molecule has 2 aromatic rings. The highest BCUT2D eigenvalue weighted by Crippen LogP contribution is 2.23. The molecule has 0 aliphatic rings. The summed E-state index contributed by atoms with van der Waals surface area (Å²) in [5.74, 6) is -0.396. The summed E-state index contributed by atoms with van der Waals surface area (Å²) in [5, 5.41) is 18.1. The van der Waals surface area contributed by atoms with Gasteiger partial charge in [0.1, 0.15) is 11.9 Å². The first-order valence-corrected chi connectivity index (χ1v) is 5.74. The number of rotatable bonds is 4. The van der Waals surface area contributed by atoms with Crippen molar-refractivity contribution in [2.45, 2.75) is 25.8 Å². The molecule has 0 spiro atoms. The Hall–Kier alpha value is -2.35. The number of para-hydroxylation sites is 2. The number of carboxylic acids is 1. The van der Waals surface area contributed by atoms with Gasteiger partial charge in [-0.25, -0.2) is 9.78 Å². The molecule has 1 N–H and O–H groups in total. The molecule has 0 amide bonds. The van der Waals surface area contributed by atoms with Gasteiger partial charge in [0.2, 0.25) is 0 Å². The number of nitrogens with zero attached hydrogens (tertiary/aromatic N) is 3. The Bertz CT molecular complexity index is 625. The second-order valence-corrected chi connectivity index (χ2v) is 3.98. The van der Waals surface area contributed by atoms with E-state index in [2.05, 4.69) is 4.98 Å². The molecule has 5 nitrogen and oxygen atoms in total. The highest BCUT2D eigenvalue weighted by Gasteiger charge is 2.23. The molecule has 5 heteroatoms. The highest BCUT2D eigenvalue weighted by molar-refractivity contribution is 5.80. The summed E-state index contributed by atoms with van der Waals surface area (Å²) < 4.78 is 1.65.